The predicted octanol–water partition coefficient (Wildman–Crippen LogP) is 3.06. The number of hydrogen-bond acceptors (Lipinski definition) is 22. The zero-order chi connectivity index (χ0) is 52.9. The molecule has 0 aliphatic carbocycles. The number of aromatic nitrogens is 4. The van der Waals surface area contributed by atoms with E-state index in [9.17, 15) is 9.59 Å². The van der Waals surface area contributed by atoms with Gasteiger partial charge in [-0.05, 0) is 55.4 Å². The minimum absolute atomic E-state index is 0.0217. The Labute approximate surface area is 426 Å². The number of hydrogen-bond donors (Lipinski definition) is 2. The number of carbonyl (C=O) groups excluding carboxylic acids is 2. The highest BCUT2D eigenvalue weighted by molar-refractivity contribution is 5.70. The summed E-state index contributed by atoms with van der Waals surface area (Å²) in [6.07, 6.45) is 7.20. The summed E-state index contributed by atoms with van der Waals surface area (Å²) in [6, 6.07) is 0. The monoisotopic (exact) mass is 1040 g/mol. The fourth-order valence-corrected chi connectivity index (χ4v) is 5.33. The van der Waals surface area contributed by atoms with Crippen molar-refractivity contribution in [1.82, 2.24) is 19.1 Å². The molecule has 72 heavy (non-hydrogen) atoms. The molecular formula is C48H88N4O20. The first-order valence-corrected chi connectivity index (χ1v) is 24.7. The molecule has 0 aliphatic heterocycles. The van der Waals surface area contributed by atoms with E-state index in [2.05, 4.69) is 9.97 Å². The van der Waals surface area contributed by atoms with E-state index in [-0.39, 0.29) is 88.5 Å². The van der Waals surface area contributed by atoms with Gasteiger partial charge in [0.05, 0.1) is 194 Å². The number of aliphatic hydroxyl groups is 2. The van der Waals surface area contributed by atoms with Crippen molar-refractivity contribution in [3.8, 4) is 0 Å². The van der Waals surface area contributed by atoms with Crippen molar-refractivity contribution >= 4 is 12.2 Å². The molecule has 0 saturated heterocycles. The average Bonchev–Trinajstić information content (AvgIpc) is 4.13. The number of aliphatic hydroxyl groups excluding tert-OH is 2. The molecule has 24 nitrogen and oxygen atoms in total. The van der Waals surface area contributed by atoms with Crippen molar-refractivity contribution in [2.45, 2.75) is 104 Å². The number of imidazole rings is 2. The van der Waals surface area contributed by atoms with Crippen LogP contribution in [0.2, 0.25) is 0 Å². The number of rotatable bonds is 46. The van der Waals surface area contributed by atoms with Crippen LogP contribution < -0.4 is 0 Å². The SMILES string of the molecule is CC(COCCOCCO)OCC(C)OCC(C)OCC(C)OCCOCCO.CC(COCCOCCOC(=O)n1ccnc1)OCC(C)OCC(C)OCC(C)OCCOCCOC(=O)n1ccnc1. The number of ether oxygens (including phenoxy) is 16. The lowest BCUT2D eigenvalue weighted by Gasteiger charge is -2.21. The molecule has 0 aliphatic rings. The van der Waals surface area contributed by atoms with E-state index in [1.807, 2.05) is 55.4 Å². The van der Waals surface area contributed by atoms with Crippen LogP contribution in [-0.4, -0.2) is 249 Å². The van der Waals surface area contributed by atoms with E-state index in [1.54, 1.807) is 0 Å². The highest BCUT2D eigenvalue weighted by Gasteiger charge is 2.14. The molecule has 0 fully saturated rings. The second-order valence-corrected chi connectivity index (χ2v) is 16.4. The van der Waals surface area contributed by atoms with Gasteiger partial charge in [0.2, 0.25) is 0 Å². The first kappa shape index (κ1) is 66.7. The van der Waals surface area contributed by atoms with Gasteiger partial charge in [-0.25, -0.2) is 28.7 Å². The lowest BCUT2D eigenvalue weighted by atomic mass is 10.3. The van der Waals surface area contributed by atoms with Crippen LogP contribution in [-0.2, 0) is 75.8 Å². The molecule has 2 N–H and O–H groups in total. The average molecular weight is 1040 g/mol. The molecule has 2 rings (SSSR count). The summed E-state index contributed by atoms with van der Waals surface area (Å²) in [4.78, 5) is 30.8. The van der Waals surface area contributed by atoms with Crippen molar-refractivity contribution < 1.29 is 95.6 Å². The molecule has 0 radical (unpaired) electrons. The Balaban J connectivity index is 0.000000781. The van der Waals surface area contributed by atoms with Gasteiger partial charge >= 0.3 is 12.2 Å². The lowest BCUT2D eigenvalue weighted by molar-refractivity contribution is -0.0959. The van der Waals surface area contributed by atoms with Crippen LogP contribution in [0.4, 0.5) is 9.59 Å². The Kier molecular flexibility index (Phi) is 42.9. The third-order valence-electron chi connectivity index (χ3n) is 9.21. The third kappa shape index (κ3) is 40.1. The molecule has 2 heterocycles. The molecule has 0 amide bonds. The van der Waals surface area contributed by atoms with Gasteiger partial charge in [0.15, 0.2) is 0 Å². The van der Waals surface area contributed by atoms with Gasteiger partial charge in [-0.2, -0.15) is 0 Å². The second-order valence-electron chi connectivity index (χ2n) is 16.4. The second kappa shape index (κ2) is 46.3. The summed E-state index contributed by atoms with van der Waals surface area (Å²) >= 11 is 0. The Morgan fingerprint density at radius 3 is 0.931 bits per heavy atom. The fourth-order valence-electron chi connectivity index (χ4n) is 5.33. The van der Waals surface area contributed by atoms with E-state index in [4.69, 9.17) is 86.0 Å². The van der Waals surface area contributed by atoms with Crippen LogP contribution in [0.25, 0.3) is 0 Å². The smallest absolute Gasteiger partial charge is 0.419 e. The number of carbonyl (C=O) groups is 2. The zero-order valence-electron chi connectivity index (χ0n) is 44.1. The van der Waals surface area contributed by atoms with Gasteiger partial charge in [-0.1, -0.05) is 0 Å². The largest absolute Gasteiger partial charge is 0.446 e. The van der Waals surface area contributed by atoms with Gasteiger partial charge in [0.25, 0.3) is 0 Å². The van der Waals surface area contributed by atoms with Crippen LogP contribution in [0, 0.1) is 0 Å². The minimum atomic E-state index is -0.497. The predicted molar refractivity (Wildman–Crippen MR) is 260 cm³/mol. The molecule has 0 aromatic carbocycles. The van der Waals surface area contributed by atoms with Gasteiger partial charge in [-0.15, -0.1) is 0 Å². The van der Waals surface area contributed by atoms with E-state index in [0.717, 1.165) is 0 Å². The highest BCUT2D eigenvalue weighted by Crippen LogP contribution is 2.05. The summed E-state index contributed by atoms with van der Waals surface area (Å²) in [6.45, 7) is 24.2. The summed E-state index contributed by atoms with van der Waals surface area (Å²) in [5.74, 6) is 0. The molecule has 0 bridgehead atoms. The Hall–Kier alpha value is -3.28. The third-order valence-corrected chi connectivity index (χ3v) is 9.21. The van der Waals surface area contributed by atoms with E-state index in [0.29, 0.717) is 119 Å². The van der Waals surface area contributed by atoms with E-state index < -0.39 is 12.2 Å². The molecule has 2 aromatic heterocycles. The maximum atomic E-state index is 11.6. The molecule has 420 valence electrons. The van der Waals surface area contributed by atoms with Crippen molar-refractivity contribution in [2.75, 3.05) is 159 Å². The maximum Gasteiger partial charge on any atom is 0.419 e. The van der Waals surface area contributed by atoms with Crippen LogP contribution in [0.15, 0.2) is 37.4 Å². The van der Waals surface area contributed by atoms with Gasteiger partial charge in [0.1, 0.15) is 25.9 Å². The Morgan fingerprint density at radius 2 is 0.625 bits per heavy atom. The van der Waals surface area contributed by atoms with Gasteiger partial charge < -0.3 is 86.0 Å². The molecule has 8 unspecified atom stereocenters. The Bertz CT molecular complexity index is 1490. The Morgan fingerprint density at radius 1 is 0.361 bits per heavy atom. The van der Waals surface area contributed by atoms with Gasteiger partial charge in [0, 0.05) is 24.8 Å². The topological polar surface area (TPSA) is 258 Å². The molecule has 0 saturated carbocycles. The van der Waals surface area contributed by atoms with Crippen molar-refractivity contribution in [1.29, 1.82) is 0 Å². The molecular weight excluding hydrogens is 953 g/mol. The van der Waals surface area contributed by atoms with Crippen molar-refractivity contribution in [3.63, 3.8) is 0 Å². The van der Waals surface area contributed by atoms with Crippen molar-refractivity contribution in [3.05, 3.63) is 37.4 Å². The van der Waals surface area contributed by atoms with E-state index in [1.165, 1.54) is 46.6 Å². The lowest BCUT2D eigenvalue weighted by Crippen LogP contribution is -2.28. The molecule has 0 spiro atoms. The van der Waals surface area contributed by atoms with Crippen molar-refractivity contribution in [2.24, 2.45) is 0 Å². The van der Waals surface area contributed by atoms with Crippen LogP contribution in [0.3, 0.4) is 0 Å². The summed E-state index contributed by atoms with van der Waals surface area (Å²) in [7, 11) is 0. The summed E-state index contributed by atoms with van der Waals surface area (Å²) in [5, 5.41) is 17.2. The zero-order valence-corrected chi connectivity index (χ0v) is 44.1. The molecule has 24 heteroatoms. The molecule has 8 atom stereocenters. The highest BCUT2D eigenvalue weighted by atomic mass is 16.6. The number of nitrogens with zero attached hydrogens (tertiary/aromatic N) is 4. The van der Waals surface area contributed by atoms with E-state index >= 15 is 0 Å². The quantitative estimate of drug-likeness (QED) is 0.0903. The first-order valence-electron chi connectivity index (χ1n) is 24.7. The minimum Gasteiger partial charge on any atom is -0.446 e. The summed E-state index contributed by atoms with van der Waals surface area (Å²) in [5.41, 5.74) is 0. The van der Waals surface area contributed by atoms with Crippen LogP contribution in [0.1, 0.15) is 55.4 Å². The molecule has 2 aromatic rings. The van der Waals surface area contributed by atoms with Gasteiger partial charge in [-0.3, -0.25) is 0 Å². The maximum absolute atomic E-state index is 11.6. The first-order chi connectivity index (χ1) is 34.8. The van der Waals surface area contributed by atoms with Crippen LogP contribution >= 0.6 is 0 Å². The van der Waals surface area contributed by atoms with Crippen LogP contribution in [0.5, 0.6) is 0 Å². The standard InChI is InChI=1S/C28H46N4O11.C20H42O9/c1-23(17-37-10-9-35-12-15-39-27(33)31-7-5-29-21-31)41-19-25(3)43-20-26(4)42-18-24(2)38-14-11-36-13-16-40-28(34)32-8-6-30-22-32;1-17(13-25-10-9-23-7-5-21)27-15-19(3)29-16-20(4)28-14-18(2)26-12-11-24-8-6-22/h5-8,21-26H,9-20H2,1-4H3;17-22H,5-16H2,1-4H3. The normalized spacial score (nSPS) is 14.9. The fraction of sp³-hybridized carbons (Fsp3) is 0.833. The summed E-state index contributed by atoms with van der Waals surface area (Å²) < 4.78 is 90.6.